The van der Waals surface area contributed by atoms with E-state index < -0.39 is 5.54 Å². The van der Waals surface area contributed by atoms with E-state index in [1.165, 1.54) is 0 Å². The summed E-state index contributed by atoms with van der Waals surface area (Å²) < 4.78 is 12.1. The minimum Gasteiger partial charge on any atom is -0.480 e. The molecule has 7 heteroatoms. The highest BCUT2D eigenvalue weighted by molar-refractivity contribution is 7.99. The molecule has 4 nitrogen and oxygen atoms in total. The van der Waals surface area contributed by atoms with E-state index in [0.29, 0.717) is 30.0 Å². The summed E-state index contributed by atoms with van der Waals surface area (Å²) in [7, 11) is 0. The number of hydrogen-bond acceptors (Lipinski definition) is 5. The lowest BCUT2D eigenvalue weighted by Gasteiger charge is -2.39. The van der Waals surface area contributed by atoms with Gasteiger partial charge in [-0.1, -0.05) is 67.9 Å². The maximum atomic E-state index is 6.88. The number of rotatable bonds is 8. The van der Waals surface area contributed by atoms with Crippen LogP contribution in [0.5, 0.6) is 0 Å². The Balaban J connectivity index is 2.00. The minimum absolute atomic E-state index is 0.0286. The topological polar surface area (TPSA) is 43.2 Å². The van der Waals surface area contributed by atoms with Gasteiger partial charge in [0.1, 0.15) is 11.6 Å². The number of hydrogen-bond donors (Lipinski definition) is 0. The third-order valence-electron chi connectivity index (χ3n) is 5.96. The molecule has 0 aliphatic carbocycles. The average molecular weight is 522 g/mol. The van der Waals surface area contributed by atoms with E-state index >= 15 is 0 Å². The van der Waals surface area contributed by atoms with Crippen LogP contribution < -0.4 is 0 Å². The fourth-order valence-corrected chi connectivity index (χ4v) is 5.89. The molecule has 184 valence electrons. The zero-order valence-corrected chi connectivity index (χ0v) is 23.1. The third kappa shape index (κ3) is 5.92. The summed E-state index contributed by atoms with van der Waals surface area (Å²) in [5.41, 5.74) is 0.309. The van der Waals surface area contributed by atoms with Crippen molar-refractivity contribution in [2.75, 3.05) is 13.2 Å². The predicted octanol–water partition coefficient (Wildman–Crippen LogP) is 8.31. The van der Waals surface area contributed by atoms with Crippen LogP contribution in [0.4, 0.5) is 0 Å². The second kappa shape index (κ2) is 11.8. The second-order valence-corrected chi connectivity index (χ2v) is 10.8. The highest BCUT2D eigenvalue weighted by Gasteiger charge is 2.46. The molecule has 0 aromatic heterocycles. The molecule has 2 aromatic carbocycles. The molecule has 0 saturated carbocycles. The molecule has 34 heavy (non-hydrogen) atoms. The lowest BCUT2D eigenvalue weighted by atomic mass is 9.77. The lowest BCUT2D eigenvalue weighted by molar-refractivity contribution is 0.247. The molecule has 3 rings (SSSR count). The first-order chi connectivity index (χ1) is 16.2. The molecule has 3 atom stereocenters. The van der Waals surface area contributed by atoms with Crippen molar-refractivity contribution >= 4 is 46.8 Å². The van der Waals surface area contributed by atoms with Gasteiger partial charge in [0.05, 0.1) is 13.2 Å². The van der Waals surface area contributed by atoms with Gasteiger partial charge in [-0.3, -0.25) is 0 Å². The minimum atomic E-state index is -0.716. The maximum absolute atomic E-state index is 6.88. The second-order valence-electron chi connectivity index (χ2n) is 8.79. The molecule has 0 spiro atoms. The van der Waals surface area contributed by atoms with Gasteiger partial charge in [0, 0.05) is 25.8 Å². The van der Waals surface area contributed by atoms with Crippen molar-refractivity contribution < 1.29 is 9.47 Å². The van der Waals surface area contributed by atoms with Crippen molar-refractivity contribution in [2.45, 2.75) is 75.3 Å². The van der Waals surface area contributed by atoms with Crippen molar-refractivity contribution in [1.29, 1.82) is 0 Å². The quantitative estimate of drug-likeness (QED) is 0.351. The molecular weight excluding hydrogens is 487 g/mol. The van der Waals surface area contributed by atoms with Gasteiger partial charge in [0.2, 0.25) is 11.8 Å². The van der Waals surface area contributed by atoms with Crippen LogP contribution in [0.15, 0.2) is 62.2 Å². The van der Waals surface area contributed by atoms with Crippen LogP contribution in [0.2, 0.25) is 10.0 Å². The molecule has 2 aromatic rings. The summed E-state index contributed by atoms with van der Waals surface area (Å²) in [5.74, 6) is 1.54. The molecule has 0 radical (unpaired) electrons. The van der Waals surface area contributed by atoms with Gasteiger partial charge in [0.25, 0.3) is 0 Å². The van der Waals surface area contributed by atoms with Gasteiger partial charge in [-0.15, -0.1) is 0 Å². The van der Waals surface area contributed by atoms with Crippen molar-refractivity contribution in [2.24, 2.45) is 15.9 Å². The SMILES string of the molecule is CCOC1=N[C@](C)(C(CC)c2ccc(Sc3cccc(Cl)c3)cc2Cl)C(OCC)=N[C@H]1C(C)C. The highest BCUT2D eigenvalue weighted by Crippen LogP contribution is 2.43. The Labute approximate surface area is 218 Å². The third-order valence-corrected chi connectivity index (χ3v) is 7.50. The molecule has 1 aliphatic rings. The van der Waals surface area contributed by atoms with Crippen LogP contribution in [0, 0.1) is 5.92 Å². The van der Waals surface area contributed by atoms with E-state index in [2.05, 4.69) is 39.8 Å². The van der Waals surface area contributed by atoms with Gasteiger partial charge < -0.3 is 9.47 Å². The molecule has 0 saturated heterocycles. The Morgan fingerprint density at radius 2 is 1.71 bits per heavy atom. The van der Waals surface area contributed by atoms with Crippen LogP contribution in [-0.4, -0.2) is 36.6 Å². The summed E-state index contributed by atoms with van der Waals surface area (Å²) in [5, 5.41) is 1.42. The first-order valence-electron chi connectivity index (χ1n) is 11.9. The van der Waals surface area contributed by atoms with E-state index in [0.717, 1.165) is 26.8 Å². The van der Waals surface area contributed by atoms with Crippen molar-refractivity contribution in [1.82, 2.24) is 0 Å². The van der Waals surface area contributed by atoms with Gasteiger partial charge in [-0.25, -0.2) is 9.98 Å². The predicted molar refractivity (Wildman–Crippen MR) is 145 cm³/mol. The molecule has 1 heterocycles. The number of ether oxygens (including phenoxy) is 2. The van der Waals surface area contributed by atoms with E-state index in [1.54, 1.807) is 11.8 Å². The maximum Gasteiger partial charge on any atom is 0.213 e. The number of benzene rings is 2. The summed E-state index contributed by atoms with van der Waals surface area (Å²) in [6.45, 7) is 13.5. The molecular formula is C27H34Cl2N2O2S. The van der Waals surface area contributed by atoms with E-state index in [4.69, 9.17) is 42.7 Å². The fraction of sp³-hybridized carbons (Fsp3) is 0.481. The number of nitrogens with zero attached hydrogens (tertiary/aromatic N) is 2. The zero-order valence-electron chi connectivity index (χ0n) is 20.8. The summed E-state index contributed by atoms with van der Waals surface area (Å²) >= 11 is 14.7. The van der Waals surface area contributed by atoms with Gasteiger partial charge in [0.15, 0.2) is 0 Å². The molecule has 0 amide bonds. The standard InChI is InChI=1S/C27H34Cl2N2O2S/c1-7-22(21-14-13-20(16-23(21)29)34-19-12-10-11-18(28)15-19)27(6)26(33-9-3)30-24(17(4)5)25(31-27)32-8-2/h10-17,22,24H,7-9H2,1-6H3/t22?,24-,27+/m0/s1. The van der Waals surface area contributed by atoms with Gasteiger partial charge in [-0.2, -0.15) is 0 Å². The smallest absolute Gasteiger partial charge is 0.213 e. The number of aliphatic imine (C=N–C) groups is 2. The molecule has 0 N–H and O–H groups in total. The van der Waals surface area contributed by atoms with Crippen LogP contribution >= 0.6 is 35.0 Å². The Kier molecular flexibility index (Phi) is 9.36. The van der Waals surface area contributed by atoms with E-state index in [1.807, 2.05) is 44.2 Å². The lowest BCUT2D eigenvalue weighted by Crippen LogP contribution is -2.48. The van der Waals surface area contributed by atoms with Gasteiger partial charge in [-0.05, 0) is 69.0 Å². The first kappa shape index (κ1) is 26.9. The van der Waals surface area contributed by atoms with E-state index in [-0.39, 0.29) is 17.9 Å². The number of halogens is 2. The molecule has 1 unspecified atom stereocenters. The summed E-state index contributed by atoms with van der Waals surface area (Å²) in [6.07, 6.45) is 0.818. The molecule has 0 fully saturated rings. The Bertz CT molecular complexity index is 1060. The highest BCUT2D eigenvalue weighted by atomic mass is 35.5. The average Bonchev–Trinajstić information content (AvgIpc) is 2.77. The molecule has 0 bridgehead atoms. The largest absolute Gasteiger partial charge is 0.480 e. The molecule has 1 aliphatic heterocycles. The van der Waals surface area contributed by atoms with Crippen molar-refractivity contribution in [3.8, 4) is 0 Å². The van der Waals surface area contributed by atoms with Crippen LogP contribution in [-0.2, 0) is 9.47 Å². The van der Waals surface area contributed by atoms with Gasteiger partial charge >= 0.3 is 0 Å². The normalized spacial score (nSPS) is 21.1. The summed E-state index contributed by atoms with van der Waals surface area (Å²) in [4.78, 5) is 12.3. The Hall–Kier alpha value is -1.69. The Morgan fingerprint density at radius 1 is 1.00 bits per heavy atom. The van der Waals surface area contributed by atoms with Crippen LogP contribution in [0.25, 0.3) is 0 Å². The van der Waals surface area contributed by atoms with E-state index in [9.17, 15) is 0 Å². The van der Waals surface area contributed by atoms with Crippen LogP contribution in [0.3, 0.4) is 0 Å². The van der Waals surface area contributed by atoms with Crippen molar-refractivity contribution in [3.05, 3.63) is 58.1 Å². The fourth-order valence-electron chi connectivity index (χ4n) is 4.34. The first-order valence-corrected chi connectivity index (χ1v) is 13.5. The van der Waals surface area contributed by atoms with Crippen molar-refractivity contribution in [3.63, 3.8) is 0 Å². The Morgan fingerprint density at radius 3 is 2.29 bits per heavy atom. The zero-order chi connectivity index (χ0) is 24.9. The van der Waals surface area contributed by atoms with Crippen LogP contribution in [0.1, 0.15) is 59.4 Å². The summed E-state index contributed by atoms with van der Waals surface area (Å²) in [6, 6.07) is 13.9. The monoisotopic (exact) mass is 520 g/mol.